The maximum absolute atomic E-state index is 14.1. The van der Waals surface area contributed by atoms with Gasteiger partial charge in [0.15, 0.2) is 6.61 Å². The Labute approximate surface area is 273 Å². The molecule has 0 spiro atoms. The number of carbonyl (C=O) groups is 4. The second-order valence-corrected chi connectivity index (χ2v) is 10.9. The molecule has 0 bridgehead atoms. The minimum Gasteiger partial charge on any atom is -0.508 e. The van der Waals surface area contributed by atoms with Gasteiger partial charge in [-0.25, -0.2) is 4.79 Å². The van der Waals surface area contributed by atoms with Gasteiger partial charge in [-0.1, -0.05) is 36.4 Å². The van der Waals surface area contributed by atoms with Gasteiger partial charge >= 0.3 is 6.03 Å². The molecule has 0 aliphatic carbocycles. The van der Waals surface area contributed by atoms with Crippen molar-refractivity contribution >= 4 is 52.2 Å². The topological polar surface area (TPSA) is 140 Å². The molecule has 4 aromatic carbocycles. The second kappa shape index (κ2) is 15.3. The lowest BCUT2D eigenvalue weighted by molar-refractivity contribution is -0.122. The molecule has 0 heterocycles. The molecule has 244 valence electrons. The van der Waals surface area contributed by atoms with Gasteiger partial charge in [0.1, 0.15) is 24.6 Å². The summed E-state index contributed by atoms with van der Waals surface area (Å²) in [6.07, 6.45) is 0. The first-order valence-electron chi connectivity index (χ1n) is 14.7. The quantitative estimate of drug-likeness (QED) is 0.237. The van der Waals surface area contributed by atoms with Gasteiger partial charge < -0.3 is 35.2 Å². The number of hydrogen-bond donors (Lipinski definition) is 2. The zero-order valence-electron chi connectivity index (χ0n) is 26.7. The van der Waals surface area contributed by atoms with Crippen molar-refractivity contribution in [3.05, 3.63) is 103 Å². The van der Waals surface area contributed by atoms with Crippen molar-refractivity contribution in [2.24, 2.45) is 5.73 Å². The fraction of sp³-hybridized carbons (Fsp3) is 0.200. The van der Waals surface area contributed by atoms with E-state index in [2.05, 4.69) is 0 Å². The summed E-state index contributed by atoms with van der Waals surface area (Å²) in [6, 6.07) is 28.3. The van der Waals surface area contributed by atoms with Crippen molar-refractivity contribution in [1.82, 2.24) is 4.90 Å². The van der Waals surface area contributed by atoms with Crippen LogP contribution in [0.1, 0.15) is 0 Å². The number of nitrogens with two attached hydrogens (primary N) is 1. The van der Waals surface area contributed by atoms with Gasteiger partial charge in [0, 0.05) is 57.4 Å². The second-order valence-electron chi connectivity index (χ2n) is 10.9. The Morgan fingerprint density at radius 2 is 1.26 bits per heavy atom. The van der Waals surface area contributed by atoms with Crippen LogP contribution >= 0.6 is 0 Å². The molecular weight excluding hydrogens is 600 g/mol. The first-order valence-corrected chi connectivity index (χ1v) is 14.7. The number of likely N-dealkylation sites (N-methyl/N-ethyl adjacent to an activating group) is 2. The van der Waals surface area contributed by atoms with Crippen LogP contribution in [0.3, 0.4) is 0 Å². The number of anilines is 5. The highest BCUT2D eigenvalue weighted by Gasteiger charge is 2.28. The summed E-state index contributed by atoms with van der Waals surface area (Å²) in [4.78, 5) is 60.1. The highest BCUT2D eigenvalue weighted by molar-refractivity contribution is 6.06. The van der Waals surface area contributed by atoms with E-state index in [1.165, 1.54) is 44.8 Å². The Morgan fingerprint density at radius 1 is 0.660 bits per heavy atom. The average molecular weight is 639 g/mol. The molecule has 4 aromatic rings. The lowest BCUT2D eigenvalue weighted by atomic mass is 10.2. The summed E-state index contributed by atoms with van der Waals surface area (Å²) in [5.41, 5.74) is 7.92. The molecule has 0 aliphatic heterocycles. The fourth-order valence-corrected chi connectivity index (χ4v) is 4.69. The van der Waals surface area contributed by atoms with Crippen LogP contribution in [0.5, 0.6) is 11.5 Å². The molecule has 0 saturated carbocycles. The number of carbonyl (C=O) groups excluding carboxylic acids is 4. The number of benzene rings is 4. The van der Waals surface area contributed by atoms with Gasteiger partial charge in [0.2, 0.25) is 11.8 Å². The van der Waals surface area contributed by atoms with Gasteiger partial charge in [0.05, 0.1) is 11.4 Å². The first kappa shape index (κ1) is 33.8. The van der Waals surface area contributed by atoms with Crippen molar-refractivity contribution in [1.29, 1.82) is 0 Å². The summed E-state index contributed by atoms with van der Waals surface area (Å²) in [5.74, 6) is -1.38. The predicted octanol–water partition coefficient (Wildman–Crippen LogP) is 4.21. The van der Waals surface area contributed by atoms with Gasteiger partial charge in [0.25, 0.3) is 5.91 Å². The molecule has 12 heteroatoms. The van der Waals surface area contributed by atoms with Crippen LogP contribution in [-0.2, 0) is 14.4 Å². The SMILES string of the molecule is CN(CC(=O)N(CC(=O)N(C)c1ccccc1)c1cccc(OCC(N)=O)c1)C(=O)N(c1cccc(O)c1)c1cccc(N(C)C)c1. The van der Waals surface area contributed by atoms with Crippen molar-refractivity contribution in [2.45, 2.75) is 0 Å². The average Bonchev–Trinajstić information content (AvgIpc) is 3.06. The molecule has 0 aromatic heterocycles. The van der Waals surface area contributed by atoms with E-state index in [1.54, 1.807) is 67.7 Å². The Kier molecular flexibility index (Phi) is 11.0. The van der Waals surface area contributed by atoms with Gasteiger partial charge in [-0.2, -0.15) is 0 Å². The Balaban J connectivity index is 1.65. The summed E-state index contributed by atoms with van der Waals surface area (Å²) in [6.45, 7) is -1.13. The summed E-state index contributed by atoms with van der Waals surface area (Å²) in [5, 5.41) is 10.2. The molecular formula is C35H38N6O6. The third kappa shape index (κ3) is 8.78. The number of primary amides is 1. The highest BCUT2D eigenvalue weighted by atomic mass is 16.5. The highest BCUT2D eigenvalue weighted by Crippen LogP contribution is 2.31. The van der Waals surface area contributed by atoms with Crippen LogP contribution in [0.25, 0.3) is 0 Å². The van der Waals surface area contributed by atoms with Gasteiger partial charge in [-0.05, 0) is 54.6 Å². The number of para-hydroxylation sites is 1. The molecule has 0 aliphatic rings. The van der Waals surface area contributed by atoms with Crippen molar-refractivity contribution in [2.75, 3.05) is 67.5 Å². The van der Waals surface area contributed by atoms with Crippen LogP contribution < -0.4 is 30.1 Å². The van der Waals surface area contributed by atoms with E-state index in [-0.39, 0.29) is 30.6 Å². The number of phenols is 1. The zero-order chi connectivity index (χ0) is 34.1. The molecule has 5 amide bonds. The van der Waals surface area contributed by atoms with Crippen LogP contribution in [0.4, 0.5) is 33.2 Å². The normalized spacial score (nSPS) is 10.5. The number of amides is 5. The number of urea groups is 1. The van der Waals surface area contributed by atoms with Gasteiger partial charge in [-0.3, -0.25) is 19.3 Å². The maximum Gasteiger partial charge on any atom is 0.329 e. The minimum atomic E-state index is -0.671. The van der Waals surface area contributed by atoms with E-state index in [9.17, 15) is 24.3 Å². The molecule has 47 heavy (non-hydrogen) atoms. The van der Waals surface area contributed by atoms with E-state index < -0.39 is 24.4 Å². The van der Waals surface area contributed by atoms with Crippen LogP contribution in [-0.4, -0.2) is 81.6 Å². The zero-order valence-corrected chi connectivity index (χ0v) is 26.7. The number of ether oxygens (including phenoxy) is 1. The van der Waals surface area contributed by atoms with Crippen LogP contribution in [0.15, 0.2) is 103 Å². The smallest absolute Gasteiger partial charge is 0.329 e. The molecule has 4 rings (SSSR count). The van der Waals surface area contributed by atoms with Gasteiger partial charge in [-0.15, -0.1) is 0 Å². The van der Waals surface area contributed by atoms with E-state index in [4.69, 9.17) is 10.5 Å². The number of nitrogens with zero attached hydrogens (tertiary/aromatic N) is 5. The number of rotatable bonds is 12. The Morgan fingerprint density at radius 3 is 1.91 bits per heavy atom. The monoisotopic (exact) mass is 638 g/mol. The molecule has 0 saturated heterocycles. The van der Waals surface area contributed by atoms with E-state index in [1.807, 2.05) is 43.3 Å². The Bertz CT molecular complexity index is 1730. The summed E-state index contributed by atoms with van der Waals surface area (Å²) in [7, 11) is 6.85. The summed E-state index contributed by atoms with van der Waals surface area (Å²) < 4.78 is 5.44. The lowest BCUT2D eigenvalue weighted by Gasteiger charge is -2.31. The van der Waals surface area contributed by atoms with Crippen LogP contribution in [0.2, 0.25) is 0 Å². The van der Waals surface area contributed by atoms with Crippen molar-refractivity contribution in [3.8, 4) is 11.5 Å². The van der Waals surface area contributed by atoms with E-state index in [0.29, 0.717) is 22.7 Å². The maximum atomic E-state index is 14.1. The molecule has 0 fully saturated rings. The number of aromatic hydroxyl groups is 1. The van der Waals surface area contributed by atoms with Crippen LogP contribution in [0, 0.1) is 0 Å². The molecule has 0 unspecified atom stereocenters. The fourth-order valence-electron chi connectivity index (χ4n) is 4.69. The molecule has 0 atom stereocenters. The molecule has 3 N–H and O–H groups in total. The number of phenolic OH excluding ortho intramolecular Hbond substituents is 1. The lowest BCUT2D eigenvalue weighted by Crippen LogP contribution is -2.48. The third-order valence-electron chi connectivity index (χ3n) is 7.20. The predicted molar refractivity (Wildman–Crippen MR) is 182 cm³/mol. The third-order valence-corrected chi connectivity index (χ3v) is 7.20. The molecule has 12 nitrogen and oxygen atoms in total. The largest absolute Gasteiger partial charge is 0.508 e. The molecule has 0 radical (unpaired) electrons. The first-order chi connectivity index (χ1) is 22.4. The van der Waals surface area contributed by atoms with Crippen molar-refractivity contribution in [3.63, 3.8) is 0 Å². The van der Waals surface area contributed by atoms with E-state index >= 15 is 0 Å². The number of hydrogen-bond acceptors (Lipinski definition) is 7. The van der Waals surface area contributed by atoms with Crippen molar-refractivity contribution < 1.29 is 29.0 Å². The standard InChI is InChI=1S/C35H38N6O6/c1-37(2)26-13-8-15-28(19-26)41(29-16-9-17-30(42)20-29)35(46)38(3)22-34(45)40(23-33(44)39(4)25-11-6-5-7-12-25)27-14-10-18-31(21-27)47-24-32(36)43/h5-21,42H,22-24H2,1-4H3,(H2,36,43). The van der Waals surface area contributed by atoms with E-state index in [0.717, 1.165) is 5.69 Å². The Hall–Kier alpha value is -6.04. The summed E-state index contributed by atoms with van der Waals surface area (Å²) >= 11 is 0. The minimum absolute atomic E-state index is 0.0338.